The molecule has 1 rings (SSSR count). The average molecular weight is 199 g/mol. The van der Waals surface area contributed by atoms with Crippen molar-refractivity contribution < 1.29 is 4.79 Å². The van der Waals surface area contributed by atoms with Crippen LogP contribution in [-0.2, 0) is 4.79 Å². The predicted molar refractivity (Wildman–Crippen MR) is 56.9 cm³/mol. The van der Waals surface area contributed by atoms with E-state index >= 15 is 0 Å². The number of hydrogen-bond donors (Lipinski definition) is 2. The molecule has 1 heterocycles. The molecule has 82 valence electrons. The molecule has 3 N–H and O–H groups in total. The van der Waals surface area contributed by atoms with Gasteiger partial charge >= 0.3 is 0 Å². The van der Waals surface area contributed by atoms with Crippen molar-refractivity contribution in [1.29, 1.82) is 0 Å². The summed E-state index contributed by atoms with van der Waals surface area (Å²) in [5.41, 5.74) is 5.18. The fraction of sp³-hybridized carbons (Fsp3) is 0.900. The number of primary amides is 1. The number of rotatable bonds is 5. The Labute approximate surface area is 85.8 Å². The first kappa shape index (κ1) is 11.5. The van der Waals surface area contributed by atoms with E-state index in [1.54, 1.807) is 0 Å². The molecule has 14 heavy (non-hydrogen) atoms. The summed E-state index contributed by atoms with van der Waals surface area (Å²) >= 11 is 0. The van der Waals surface area contributed by atoms with Crippen LogP contribution in [0, 0.1) is 0 Å². The first-order chi connectivity index (χ1) is 6.59. The fourth-order valence-electron chi connectivity index (χ4n) is 1.91. The van der Waals surface area contributed by atoms with Gasteiger partial charge in [-0.05, 0) is 39.8 Å². The molecule has 0 bridgehead atoms. The molecule has 1 aliphatic heterocycles. The van der Waals surface area contributed by atoms with E-state index in [0.717, 1.165) is 6.54 Å². The molecule has 1 aliphatic rings. The Balaban J connectivity index is 2.20. The number of amides is 1. The van der Waals surface area contributed by atoms with E-state index in [4.69, 9.17) is 5.73 Å². The van der Waals surface area contributed by atoms with Gasteiger partial charge in [-0.25, -0.2) is 0 Å². The number of nitrogens with zero attached hydrogens (tertiary/aromatic N) is 1. The summed E-state index contributed by atoms with van der Waals surface area (Å²) in [6.45, 7) is 7.30. The van der Waals surface area contributed by atoms with Crippen LogP contribution in [0.2, 0.25) is 0 Å². The van der Waals surface area contributed by atoms with Crippen LogP contribution in [0.5, 0.6) is 0 Å². The maximum atomic E-state index is 10.8. The van der Waals surface area contributed by atoms with Gasteiger partial charge in [0.2, 0.25) is 5.91 Å². The molecule has 0 aliphatic carbocycles. The van der Waals surface area contributed by atoms with Crippen molar-refractivity contribution in [3.63, 3.8) is 0 Å². The normalized spacial score (nSPS) is 22.1. The number of nitrogens with one attached hydrogen (secondary N) is 1. The summed E-state index contributed by atoms with van der Waals surface area (Å²) in [6, 6.07) is 0.100. The Morgan fingerprint density at radius 3 is 2.50 bits per heavy atom. The molecule has 1 saturated heterocycles. The molecule has 4 nitrogen and oxygen atoms in total. The fourth-order valence-corrected chi connectivity index (χ4v) is 1.91. The van der Waals surface area contributed by atoms with Crippen molar-refractivity contribution in [2.24, 2.45) is 5.73 Å². The highest BCUT2D eigenvalue weighted by molar-refractivity contribution is 5.79. The van der Waals surface area contributed by atoms with Crippen molar-refractivity contribution in [1.82, 2.24) is 10.2 Å². The number of likely N-dealkylation sites (tertiary alicyclic amines) is 1. The third-order valence-corrected chi connectivity index (χ3v) is 2.69. The lowest BCUT2D eigenvalue weighted by molar-refractivity contribution is -0.119. The standard InChI is InChI=1S/C10H21N3O/c1-8(12-9(2)10(11)14)7-13-5-3-4-6-13/h8-9,12H,3-7H2,1-2H3,(H2,11,14). The van der Waals surface area contributed by atoms with Crippen LogP contribution in [0.3, 0.4) is 0 Å². The number of nitrogens with two attached hydrogens (primary N) is 1. The predicted octanol–water partition coefficient (Wildman–Crippen LogP) is -0.0659. The molecule has 0 radical (unpaired) electrons. The first-order valence-corrected chi connectivity index (χ1v) is 5.37. The van der Waals surface area contributed by atoms with Gasteiger partial charge in [0.05, 0.1) is 6.04 Å². The second kappa shape index (κ2) is 5.32. The number of hydrogen-bond acceptors (Lipinski definition) is 3. The largest absolute Gasteiger partial charge is 0.368 e. The SMILES string of the molecule is CC(CN1CCCC1)NC(C)C(N)=O. The zero-order valence-corrected chi connectivity index (χ0v) is 9.12. The van der Waals surface area contributed by atoms with Crippen molar-refractivity contribution in [2.45, 2.75) is 38.8 Å². The molecule has 4 heteroatoms. The number of carbonyl (C=O) groups is 1. The minimum absolute atomic E-state index is 0.229. The van der Waals surface area contributed by atoms with Crippen LogP contribution in [-0.4, -0.2) is 42.5 Å². The van der Waals surface area contributed by atoms with Gasteiger partial charge in [0.25, 0.3) is 0 Å². The Morgan fingerprint density at radius 1 is 1.43 bits per heavy atom. The summed E-state index contributed by atoms with van der Waals surface area (Å²) in [7, 11) is 0. The van der Waals surface area contributed by atoms with Crippen molar-refractivity contribution in [3.8, 4) is 0 Å². The highest BCUT2D eigenvalue weighted by Gasteiger charge is 2.17. The third-order valence-electron chi connectivity index (χ3n) is 2.69. The van der Waals surface area contributed by atoms with E-state index in [0.29, 0.717) is 6.04 Å². The Bertz CT molecular complexity index is 190. The van der Waals surface area contributed by atoms with Crippen LogP contribution in [0.1, 0.15) is 26.7 Å². The van der Waals surface area contributed by atoms with Gasteiger partial charge in [0.15, 0.2) is 0 Å². The molecular weight excluding hydrogens is 178 g/mol. The smallest absolute Gasteiger partial charge is 0.234 e. The summed E-state index contributed by atoms with van der Waals surface area (Å²) in [5, 5.41) is 3.19. The van der Waals surface area contributed by atoms with Crippen LogP contribution in [0.25, 0.3) is 0 Å². The van der Waals surface area contributed by atoms with E-state index in [1.807, 2.05) is 6.92 Å². The summed E-state index contributed by atoms with van der Waals surface area (Å²) in [6.07, 6.45) is 2.61. The maximum absolute atomic E-state index is 10.8. The van der Waals surface area contributed by atoms with Gasteiger partial charge in [-0.15, -0.1) is 0 Å². The minimum Gasteiger partial charge on any atom is -0.368 e. The van der Waals surface area contributed by atoms with E-state index in [9.17, 15) is 4.79 Å². The molecule has 0 aromatic carbocycles. The minimum atomic E-state index is -0.279. The molecule has 2 unspecified atom stereocenters. The molecule has 2 atom stereocenters. The highest BCUT2D eigenvalue weighted by atomic mass is 16.1. The summed E-state index contributed by atoms with van der Waals surface area (Å²) in [5.74, 6) is -0.279. The molecule has 0 spiro atoms. The average Bonchev–Trinajstić information content (AvgIpc) is 2.56. The van der Waals surface area contributed by atoms with Crippen LogP contribution >= 0.6 is 0 Å². The molecule has 0 saturated carbocycles. The first-order valence-electron chi connectivity index (χ1n) is 5.37. The highest BCUT2D eigenvalue weighted by Crippen LogP contribution is 2.07. The van der Waals surface area contributed by atoms with Gasteiger partial charge in [0.1, 0.15) is 0 Å². The van der Waals surface area contributed by atoms with E-state index in [1.165, 1.54) is 25.9 Å². The Kier molecular flexibility index (Phi) is 4.35. The van der Waals surface area contributed by atoms with E-state index in [2.05, 4.69) is 17.1 Å². The Morgan fingerprint density at radius 2 is 2.00 bits per heavy atom. The third kappa shape index (κ3) is 3.64. The Hall–Kier alpha value is -0.610. The van der Waals surface area contributed by atoms with Crippen LogP contribution in [0.15, 0.2) is 0 Å². The lowest BCUT2D eigenvalue weighted by atomic mass is 10.2. The quantitative estimate of drug-likeness (QED) is 0.652. The van der Waals surface area contributed by atoms with Gasteiger partial charge < -0.3 is 16.0 Å². The monoisotopic (exact) mass is 199 g/mol. The summed E-state index contributed by atoms with van der Waals surface area (Å²) in [4.78, 5) is 13.2. The lowest BCUT2D eigenvalue weighted by Gasteiger charge is -2.23. The van der Waals surface area contributed by atoms with Crippen LogP contribution in [0.4, 0.5) is 0 Å². The zero-order chi connectivity index (χ0) is 10.6. The topological polar surface area (TPSA) is 58.4 Å². The van der Waals surface area contributed by atoms with Gasteiger partial charge in [0, 0.05) is 12.6 Å². The van der Waals surface area contributed by atoms with E-state index in [-0.39, 0.29) is 11.9 Å². The van der Waals surface area contributed by atoms with Gasteiger partial charge in [-0.1, -0.05) is 0 Å². The molecular formula is C10H21N3O. The maximum Gasteiger partial charge on any atom is 0.234 e. The molecule has 0 aromatic heterocycles. The van der Waals surface area contributed by atoms with Crippen molar-refractivity contribution in [2.75, 3.05) is 19.6 Å². The van der Waals surface area contributed by atoms with E-state index < -0.39 is 0 Å². The second-order valence-corrected chi connectivity index (χ2v) is 4.20. The van der Waals surface area contributed by atoms with Crippen LogP contribution < -0.4 is 11.1 Å². The molecule has 1 fully saturated rings. The van der Waals surface area contributed by atoms with Gasteiger partial charge in [-0.2, -0.15) is 0 Å². The van der Waals surface area contributed by atoms with Crippen molar-refractivity contribution >= 4 is 5.91 Å². The van der Waals surface area contributed by atoms with Gasteiger partial charge in [-0.3, -0.25) is 4.79 Å². The number of carbonyl (C=O) groups excluding carboxylic acids is 1. The van der Waals surface area contributed by atoms with Crippen molar-refractivity contribution in [3.05, 3.63) is 0 Å². The second-order valence-electron chi connectivity index (χ2n) is 4.20. The molecule has 1 amide bonds. The molecule has 0 aromatic rings. The lowest BCUT2D eigenvalue weighted by Crippen LogP contribution is -2.47. The zero-order valence-electron chi connectivity index (χ0n) is 9.12. The summed E-state index contributed by atoms with van der Waals surface area (Å²) < 4.78 is 0.